The molecule has 0 unspecified atom stereocenters. The Morgan fingerprint density at radius 3 is 2.09 bits per heavy atom. The van der Waals surface area contributed by atoms with Crippen LogP contribution >= 0.6 is 0 Å². The van der Waals surface area contributed by atoms with Crippen molar-refractivity contribution in [2.24, 2.45) is 5.10 Å². The van der Waals surface area contributed by atoms with Crippen molar-refractivity contribution in [3.63, 3.8) is 0 Å². The van der Waals surface area contributed by atoms with Gasteiger partial charge in [0.05, 0.1) is 19.8 Å². The number of carbonyl (C=O) groups is 1. The molecule has 1 heterocycles. The van der Waals surface area contributed by atoms with Crippen LogP contribution < -0.4 is 19.6 Å². The number of nitrogens with one attached hydrogen (secondary N) is 1. The molecule has 2 aromatic carbocycles. The molecule has 0 bridgehead atoms. The quantitative estimate of drug-likeness (QED) is 0.560. The van der Waals surface area contributed by atoms with Crippen LogP contribution in [0.15, 0.2) is 47.6 Å². The van der Waals surface area contributed by atoms with Gasteiger partial charge in [0.25, 0.3) is 5.91 Å². The first-order valence-corrected chi connectivity index (χ1v) is 11.3. The summed E-state index contributed by atoms with van der Waals surface area (Å²) in [6.07, 6.45) is 1.68. The summed E-state index contributed by atoms with van der Waals surface area (Å²) in [5.41, 5.74) is 5.44. The second kappa shape index (κ2) is 12.1. The van der Waals surface area contributed by atoms with E-state index >= 15 is 0 Å². The van der Waals surface area contributed by atoms with Crippen molar-refractivity contribution in [3.8, 4) is 17.2 Å². The van der Waals surface area contributed by atoms with E-state index in [0.29, 0.717) is 42.6 Å². The average Bonchev–Trinajstić information content (AvgIpc) is 2.81. The molecule has 7 heteroatoms. The fraction of sp³-hybridized carbons (Fsp3) is 0.440. The predicted molar refractivity (Wildman–Crippen MR) is 126 cm³/mol. The zero-order valence-corrected chi connectivity index (χ0v) is 19.2. The SMILES string of the molecule is CCOc1cc(C(=O)NN=C2CCN(Cc3ccccc3)CC2)cc(OCC)c1OCC. The van der Waals surface area contributed by atoms with E-state index in [9.17, 15) is 4.79 Å². The van der Waals surface area contributed by atoms with E-state index in [0.717, 1.165) is 38.2 Å². The summed E-state index contributed by atoms with van der Waals surface area (Å²) in [7, 11) is 0. The lowest BCUT2D eigenvalue weighted by molar-refractivity contribution is 0.0953. The fourth-order valence-electron chi connectivity index (χ4n) is 3.64. The third-order valence-corrected chi connectivity index (χ3v) is 5.17. The maximum Gasteiger partial charge on any atom is 0.271 e. The van der Waals surface area contributed by atoms with Gasteiger partial charge in [-0.25, -0.2) is 5.43 Å². The van der Waals surface area contributed by atoms with Gasteiger partial charge in [-0.3, -0.25) is 9.69 Å². The molecule has 1 aliphatic heterocycles. The third kappa shape index (κ3) is 6.47. The van der Waals surface area contributed by atoms with E-state index in [-0.39, 0.29) is 5.91 Å². The number of rotatable bonds is 10. The molecule has 7 nitrogen and oxygen atoms in total. The maximum absolute atomic E-state index is 12.8. The van der Waals surface area contributed by atoms with Gasteiger partial charge in [-0.1, -0.05) is 30.3 Å². The van der Waals surface area contributed by atoms with E-state index in [1.54, 1.807) is 12.1 Å². The highest BCUT2D eigenvalue weighted by Crippen LogP contribution is 2.39. The molecular formula is C25H33N3O4. The van der Waals surface area contributed by atoms with Gasteiger partial charge in [0, 0.05) is 43.8 Å². The number of likely N-dealkylation sites (tertiary alicyclic amines) is 1. The van der Waals surface area contributed by atoms with Crippen LogP contribution in [0, 0.1) is 0 Å². The van der Waals surface area contributed by atoms with Gasteiger partial charge in [-0.2, -0.15) is 5.10 Å². The Kier molecular flexibility index (Phi) is 8.92. The van der Waals surface area contributed by atoms with E-state index in [4.69, 9.17) is 14.2 Å². The standard InChI is InChI=1S/C25H33N3O4/c1-4-30-22-16-20(17-23(31-5-2)24(22)32-6-3)25(29)27-26-21-12-14-28(15-13-21)18-19-10-8-7-9-11-19/h7-11,16-17H,4-6,12-15,18H2,1-3H3,(H,27,29). The molecule has 0 atom stereocenters. The van der Waals surface area contributed by atoms with E-state index < -0.39 is 0 Å². The molecule has 32 heavy (non-hydrogen) atoms. The topological polar surface area (TPSA) is 72.4 Å². The number of hydrogen-bond acceptors (Lipinski definition) is 6. The van der Waals surface area contributed by atoms with Crippen LogP contribution in [-0.2, 0) is 6.54 Å². The number of piperidine rings is 1. The van der Waals surface area contributed by atoms with Crippen molar-refractivity contribution in [2.45, 2.75) is 40.2 Å². The first-order chi connectivity index (χ1) is 15.6. The summed E-state index contributed by atoms with van der Waals surface area (Å²) in [4.78, 5) is 15.2. The number of amides is 1. The molecule has 0 aliphatic carbocycles. The Morgan fingerprint density at radius 1 is 0.938 bits per heavy atom. The van der Waals surface area contributed by atoms with Crippen molar-refractivity contribution in [3.05, 3.63) is 53.6 Å². The molecule has 0 spiro atoms. The largest absolute Gasteiger partial charge is 0.490 e. The second-order valence-electron chi connectivity index (χ2n) is 7.48. The monoisotopic (exact) mass is 439 g/mol. The van der Waals surface area contributed by atoms with Crippen LogP contribution in [0.5, 0.6) is 17.2 Å². The van der Waals surface area contributed by atoms with Gasteiger partial charge in [-0.15, -0.1) is 0 Å². The molecule has 172 valence electrons. The minimum absolute atomic E-state index is 0.297. The highest BCUT2D eigenvalue weighted by molar-refractivity contribution is 5.96. The molecule has 0 aromatic heterocycles. The first-order valence-electron chi connectivity index (χ1n) is 11.3. The Hall–Kier alpha value is -3.06. The molecule has 0 saturated carbocycles. The maximum atomic E-state index is 12.8. The van der Waals surface area contributed by atoms with Crippen LogP contribution in [0.1, 0.15) is 49.5 Å². The second-order valence-corrected chi connectivity index (χ2v) is 7.48. The normalized spacial score (nSPS) is 14.0. The minimum Gasteiger partial charge on any atom is -0.490 e. The summed E-state index contributed by atoms with van der Waals surface area (Å²) in [5, 5.41) is 4.39. The van der Waals surface area contributed by atoms with Crippen molar-refractivity contribution in [1.29, 1.82) is 0 Å². The Labute approximate surface area is 190 Å². The number of hydrogen-bond donors (Lipinski definition) is 1. The average molecular weight is 440 g/mol. The molecule has 1 amide bonds. The summed E-state index contributed by atoms with van der Waals surface area (Å²) < 4.78 is 17.1. The van der Waals surface area contributed by atoms with Crippen LogP contribution in [0.4, 0.5) is 0 Å². The Bertz CT molecular complexity index is 878. The van der Waals surface area contributed by atoms with E-state index in [1.165, 1.54) is 5.56 Å². The van der Waals surface area contributed by atoms with Gasteiger partial charge in [0.2, 0.25) is 5.75 Å². The number of hydrazone groups is 1. The molecule has 1 aliphatic rings. The first kappa shape index (κ1) is 23.6. The highest BCUT2D eigenvalue weighted by Gasteiger charge is 2.19. The van der Waals surface area contributed by atoms with Gasteiger partial charge in [0.1, 0.15) is 0 Å². The van der Waals surface area contributed by atoms with E-state index in [2.05, 4.69) is 39.7 Å². The third-order valence-electron chi connectivity index (χ3n) is 5.17. The fourth-order valence-corrected chi connectivity index (χ4v) is 3.64. The predicted octanol–water partition coefficient (Wildman–Crippen LogP) is 4.26. The van der Waals surface area contributed by atoms with Crippen LogP contribution in [0.2, 0.25) is 0 Å². The lowest BCUT2D eigenvalue weighted by Gasteiger charge is -2.27. The van der Waals surface area contributed by atoms with E-state index in [1.807, 2.05) is 26.8 Å². The molecule has 2 aromatic rings. The summed E-state index contributed by atoms with van der Waals surface area (Å²) in [5.74, 6) is 1.21. The number of carbonyl (C=O) groups excluding carboxylic acids is 1. The Morgan fingerprint density at radius 2 is 1.53 bits per heavy atom. The smallest absolute Gasteiger partial charge is 0.271 e. The molecule has 0 radical (unpaired) electrons. The van der Waals surface area contributed by atoms with Crippen molar-refractivity contribution in [2.75, 3.05) is 32.9 Å². The van der Waals surface area contributed by atoms with Crippen molar-refractivity contribution >= 4 is 11.6 Å². The number of benzene rings is 2. The zero-order chi connectivity index (χ0) is 22.8. The molecule has 3 rings (SSSR count). The van der Waals surface area contributed by atoms with Crippen LogP contribution in [0.3, 0.4) is 0 Å². The molecule has 1 fully saturated rings. The van der Waals surface area contributed by atoms with Gasteiger partial charge in [0.15, 0.2) is 11.5 Å². The van der Waals surface area contributed by atoms with Gasteiger partial charge < -0.3 is 14.2 Å². The zero-order valence-electron chi connectivity index (χ0n) is 19.2. The molecular weight excluding hydrogens is 406 g/mol. The summed E-state index contributed by atoms with van der Waals surface area (Å²) in [6.45, 7) is 9.85. The van der Waals surface area contributed by atoms with Crippen molar-refractivity contribution < 1.29 is 19.0 Å². The summed E-state index contributed by atoms with van der Waals surface area (Å²) >= 11 is 0. The van der Waals surface area contributed by atoms with Crippen molar-refractivity contribution in [1.82, 2.24) is 10.3 Å². The molecule has 1 N–H and O–H groups in total. The lowest BCUT2D eigenvalue weighted by Crippen LogP contribution is -2.34. The van der Waals surface area contributed by atoms with Gasteiger partial charge >= 0.3 is 0 Å². The number of ether oxygens (including phenoxy) is 3. The minimum atomic E-state index is -0.297. The highest BCUT2D eigenvalue weighted by atomic mass is 16.5. The van der Waals surface area contributed by atoms with Crippen LogP contribution in [0.25, 0.3) is 0 Å². The number of nitrogens with zero attached hydrogens (tertiary/aromatic N) is 2. The molecule has 1 saturated heterocycles. The summed E-state index contributed by atoms with van der Waals surface area (Å²) in [6, 6.07) is 13.8. The van der Waals surface area contributed by atoms with Gasteiger partial charge in [-0.05, 0) is 38.5 Å². The van der Waals surface area contributed by atoms with Crippen LogP contribution in [-0.4, -0.2) is 49.4 Å². The Balaban J connectivity index is 1.63. The lowest BCUT2D eigenvalue weighted by atomic mass is 10.1.